The second kappa shape index (κ2) is 8.08. The van der Waals surface area contributed by atoms with E-state index < -0.39 is 0 Å². The molecule has 1 aromatic carbocycles. The van der Waals surface area contributed by atoms with Crippen LogP contribution < -0.4 is 19.7 Å². The van der Waals surface area contributed by atoms with Gasteiger partial charge < -0.3 is 19.7 Å². The zero-order chi connectivity index (χ0) is 18.5. The van der Waals surface area contributed by atoms with E-state index in [1.807, 2.05) is 6.07 Å². The van der Waals surface area contributed by atoms with Gasteiger partial charge in [0, 0.05) is 36.6 Å². The van der Waals surface area contributed by atoms with Gasteiger partial charge in [0.25, 0.3) is 5.91 Å². The maximum atomic E-state index is 12.6. The number of hydrogen-bond acceptors (Lipinski definition) is 5. The lowest BCUT2D eigenvalue weighted by molar-refractivity contribution is 0.102. The van der Waals surface area contributed by atoms with Crippen molar-refractivity contribution in [3.63, 3.8) is 0 Å². The maximum absolute atomic E-state index is 12.6. The first-order chi connectivity index (χ1) is 12.6. The Morgan fingerprint density at radius 2 is 1.85 bits per heavy atom. The van der Waals surface area contributed by atoms with Gasteiger partial charge in [0.15, 0.2) is 11.5 Å². The third-order valence-electron chi connectivity index (χ3n) is 4.76. The fourth-order valence-corrected chi connectivity index (χ4v) is 3.09. The summed E-state index contributed by atoms with van der Waals surface area (Å²) in [5, 5.41) is 2.90. The molecule has 0 atom stereocenters. The molecule has 0 bridgehead atoms. The standard InChI is InChI=1S/C20H25N3O3/c1-14-7-10-23(11-8-14)19-12-15(6-9-21-19)20(24)22-16-4-5-17(25-2)18(13-16)26-3/h4-6,9,12-14H,7-8,10-11H2,1-3H3,(H,22,24). The third kappa shape index (κ3) is 4.07. The predicted octanol–water partition coefficient (Wildman–Crippen LogP) is 3.59. The Balaban J connectivity index is 1.73. The van der Waals surface area contributed by atoms with E-state index in [9.17, 15) is 4.79 Å². The molecule has 138 valence electrons. The lowest BCUT2D eigenvalue weighted by Crippen LogP contribution is -2.33. The maximum Gasteiger partial charge on any atom is 0.255 e. The van der Waals surface area contributed by atoms with Crippen LogP contribution in [-0.4, -0.2) is 38.2 Å². The Morgan fingerprint density at radius 3 is 2.54 bits per heavy atom. The summed E-state index contributed by atoms with van der Waals surface area (Å²) in [4.78, 5) is 19.3. The van der Waals surface area contributed by atoms with Gasteiger partial charge in [0.1, 0.15) is 5.82 Å². The number of hydrogen-bond donors (Lipinski definition) is 1. The Morgan fingerprint density at radius 1 is 1.12 bits per heavy atom. The number of carbonyl (C=O) groups excluding carboxylic acids is 1. The highest BCUT2D eigenvalue weighted by Crippen LogP contribution is 2.30. The van der Waals surface area contributed by atoms with Gasteiger partial charge in [-0.25, -0.2) is 4.98 Å². The van der Waals surface area contributed by atoms with Crippen molar-refractivity contribution in [3.05, 3.63) is 42.1 Å². The number of pyridine rings is 1. The van der Waals surface area contributed by atoms with Crippen molar-refractivity contribution < 1.29 is 14.3 Å². The summed E-state index contributed by atoms with van der Waals surface area (Å²) in [5.74, 6) is 2.63. The van der Waals surface area contributed by atoms with Crippen molar-refractivity contribution in [2.75, 3.05) is 37.5 Å². The molecule has 0 saturated carbocycles. The lowest BCUT2D eigenvalue weighted by Gasteiger charge is -2.31. The van der Waals surface area contributed by atoms with Gasteiger partial charge in [-0.05, 0) is 43.0 Å². The van der Waals surface area contributed by atoms with Crippen molar-refractivity contribution in [1.29, 1.82) is 0 Å². The van der Waals surface area contributed by atoms with Gasteiger partial charge in [-0.3, -0.25) is 4.79 Å². The number of carbonyl (C=O) groups is 1. The molecule has 1 N–H and O–H groups in total. The van der Waals surface area contributed by atoms with Gasteiger partial charge >= 0.3 is 0 Å². The minimum absolute atomic E-state index is 0.175. The van der Waals surface area contributed by atoms with Crippen LogP contribution in [0.3, 0.4) is 0 Å². The number of nitrogens with one attached hydrogen (secondary N) is 1. The number of ether oxygens (including phenoxy) is 2. The minimum Gasteiger partial charge on any atom is -0.493 e. The summed E-state index contributed by atoms with van der Waals surface area (Å²) in [6.45, 7) is 4.24. The molecule has 26 heavy (non-hydrogen) atoms. The molecule has 0 unspecified atom stereocenters. The minimum atomic E-state index is -0.175. The Bertz CT molecular complexity index is 771. The largest absolute Gasteiger partial charge is 0.493 e. The predicted molar refractivity (Wildman–Crippen MR) is 102 cm³/mol. The van der Waals surface area contributed by atoms with E-state index in [-0.39, 0.29) is 5.91 Å². The van der Waals surface area contributed by atoms with E-state index >= 15 is 0 Å². The molecule has 1 aliphatic heterocycles. The molecule has 1 amide bonds. The smallest absolute Gasteiger partial charge is 0.255 e. The van der Waals surface area contributed by atoms with E-state index in [2.05, 4.69) is 22.1 Å². The summed E-state index contributed by atoms with van der Waals surface area (Å²) in [5.41, 5.74) is 1.24. The molecule has 1 saturated heterocycles. The second-order valence-electron chi connectivity index (χ2n) is 6.60. The number of methoxy groups -OCH3 is 2. The summed E-state index contributed by atoms with van der Waals surface area (Å²) in [6.07, 6.45) is 4.00. The summed E-state index contributed by atoms with van der Waals surface area (Å²) < 4.78 is 10.5. The molecule has 1 fully saturated rings. The van der Waals surface area contributed by atoms with Crippen LogP contribution in [0.1, 0.15) is 30.1 Å². The molecule has 6 nitrogen and oxygen atoms in total. The van der Waals surface area contributed by atoms with Crippen molar-refractivity contribution in [1.82, 2.24) is 4.98 Å². The summed E-state index contributed by atoms with van der Waals surface area (Å²) >= 11 is 0. The normalized spacial score (nSPS) is 14.8. The SMILES string of the molecule is COc1ccc(NC(=O)c2ccnc(N3CCC(C)CC3)c2)cc1OC. The topological polar surface area (TPSA) is 63.7 Å². The summed E-state index contributed by atoms with van der Waals surface area (Å²) in [7, 11) is 3.15. The molecule has 2 heterocycles. The number of amides is 1. The molecule has 3 rings (SSSR count). The molecule has 0 radical (unpaired) electrons. The molecule has 0 aliphatic carbocycles. The van der Waals surface area contributed by atoms with E-state index in [4.69, 9.17) is 9.47 Å². The van der Waals surface area contributed by atoms with Crippen LogP contribution in [0.5, 0.6) is 11.5 Å². The van der Waals surface area contributed by atoms with Crippen LogP contribution in [-0.2, 0) is 0 Å². The Kier molecular flexibility index (Phi) is 5.61. The van der Waals surface area contributed by atoms with Gasteiger partial charge in [0.2, 0.25) is 0 Å². The molecule has 2 aromatic rings. The van der Waals surface area contributed by atoms with E-state index in [0.29, 0.717) is 22.7 Å². The fourth-order valence-electron chi connectivity index (χ4n) is 3.09. The first-order valence-corrected chi connectivity index (χ1v) is 8.85. The van der Waals surface area contributed by atoms with Crippen LogP contribution in [0.4, 0.5) is 11.5 Å². The monoisotopic (exact) mass is 355 g/mol. The molecular formula is C20H25N3O3. The number of anilines is 2. The zero-order valence-electron chi connectivity index (χ0n) is 15.5. The average Bonchev–Trinajstić information content (AvgIpc) is 2.68. The highest BCUT2D eigenvalue weighted by atomic mass is 16.5. The first kappa shape index (κ1) is 18.0. The Hall–Kier alpha value is -2.76. The van der Waals surface area contributed by atoms with E-state index in [0.717, 1.165) is 37.7 Å². The number of rotatable bonds is 5. The van der Waals surface area contributed by atoms with E-state index in [1.165, 1.54) is 0 Å². The van der Waals surface area contributed by atoms with Gasteiger partial charge in [-0.2, -0.15) is 0 Å². The molecule has 1 aromatic heterocycles. The van der Waals surface area contributed by atoms with Crippen LogP contribution in [0.15, 0.2) is 36.5 Å². The Labute approximate surface area is 154 Å². The number of aromatic nitrogens is 1. The lowest BCUT2D eigenvalue weighted by atomic mass is 9.99. The number of piperidine rings is 1. The van der Waals surface area contributed by atoms with Crippen molar-refractivity contribution in [2.24, 2.45) is 5.92 Å². The highest BCUT2D eigenvalue weighted by Gasteiger charge is 2.18. The first-order valence-electron chi connectivity index (χ1n) is 8.85. The number of benzene rings is 1. The van der Waals surface area contributed by atoms with Crippen LogP contribution in [0.2, 0.25) is 0 Å². The molecule has 6 heteroatoms. The average molecular weight is 355 g/mol. The third-order valence-corrected chi connectivity index (χ3v) is 4.76. The quantitative estimate of drug-likeness (QED) is 0.888. The zero-order valence-corrected chi connectivity index (χ0v) is 15.5. The van der Waals surface area contributed by atoms with Crippen molar-refractivity contribution >= 4 is 17.4 Å². The van der Waals surface area contributed by atoms with Gasteiger partial charge in [0.05, 0.1) is 14.2 Å². The van der Waals surface area contributed by atoms with Crippen molar-refractivity contribution in [3.8, 4) is 11.5 Å². The van der Waals surface area contributed by atoms with Crippen LogP contribution in [0.25, 0.3) is 0 Å². The highest BCUT2D eigenvalue weighted by molar-refractivity contribution is 6.04. The summed E-state index contributed by atoms with van der Waals surface area (Å²) in [6, 6.07) is 8.87. The molecule has 1 aliphatic rings. The fraction of sp³-hybridized carbons (Fsp3) is 0.400. The van der Waals surface area contributed by atoms with Crippen LogP contribution >= 0.6 is 0 Å². The van der Waals surface area contributed by atoms with Gasteiger partial charge in [-0.15, -0.1) is 0 Å². The van der Waals surface area contributed by atoms with Gasteiger partial charge in [-0.1, -0.05) is 6.92 Å². The second-order valence-corrected chi connectivity index (χ2v) is 6.60. The van der Waals surface area contributed by atoms with E-state index in [1.54, 1.807) is 44.7 Å². The molecule has 0 spiro atoms. The van der Waals surface area contributed by atoms with Crippen molar-refractivity contribution in [2.45, 2.75) is 19.8 Å². The number of nitrogens with zero attached hydrogens (tertiary/aromatic N) is 2. The molecular weight excluding hydrogens is 330 g/mol. The van der Waals surface area contributed by atoms with Crippen LogP contribution in [0, 0.1) is 5.92 Å².